The first-order chi connectivity index (χ1) is 10.9. The van der Waals surface area contributed by atoms with Crippen LogP contribution < -0.4 is 5.32 Å². The third-order valence-electron chi connectivity index (χ3n) is 3.30. The smallest absolute Gasteiger partial charge is 0.475 e. The SMILES string of the molecule is O=C(O)C(F)(F)F.c1ccc(Cn2cnc3c2CCNC3)cc1. The van der Waals surface area contributed by atoms with Crippen molar-refractivity contribution in [1.82, 2.24) is 14.9 Å². The Morgan fingerprint density at radius 1 is 1.30 bits per heavy atom. The summed E-state index contributed by atoms with van der Waals surface area (Å²) in [6.07, 6.45) is -2.03. The van der Waals surface area contributed by atoms with Gasteiger partial charge >= 0.3 is 12.1 Å². The molecule has 0 spiro atoms. The summed E-state index contributed by atoms with van der Waals surface area (Å²) in [5.41, 5.74) is 3.94. The molecule has 0 atom stereocenters. The largest absolute Gasteiger partial charge is 0.490 e. The fourth-order valence-corrected chi connectivity index (χ4v) is 2.21. The Balaban J connectivity index is 0.000000236. The van der Waals surface area contributed by atoms with Crippen molar-refractivity contribution in [2.75, 3.05) is 6.54 Å². The molecule has 2 heterocycles. The second kappa shape index (κ2) is 7.28. The van der Waals surface area contributed by atoms with Crippen LogP contribution in [0.5, 0.6) is 0 Å². The Morgan fingerprint density at radius 3 is 2.57 bits per heavy atom. The molecule has 1 aliphatic rings. The number of aliphatic carboxylic acids is 1. The number of halogens is 3. The molecule has 2 N–H and O–H groups in total. The third kappa shape index (κ3) is 4.82. The summed E-state index contributed by atoms with van der Waals surface area (Å²) in [7, 11) is 0. The van der Waals surface area contributed by atoms with Gasteiger partial charge in [-0.1, -0.05) is 30.3 Å². The van der Waals surface area contributed by atoms with Gasteiger partial charge in [0.05, 0.1) is 12.0 Å². The van der Waals surface area contributed by atoms with Crippen LogP contribution in [0.2, 0.25) is 0 Å². The van der Waals surface area contributed by atoms with E-state index < -0.39 is 12.1 Å². The highest BCUT2D eigenvalue weighted by molar-refractivity contribution is 5.73. The van der Waals surface area contributed by atoms with Gasteiger partial charge < -0.3 is 15.0 Å². The second-order valence-electron chi connectivity index (χ2n) is 4.98. The lowest BCUT2D eigenvalue weighted by Crippen LogP contribution is -2.25. The summed E-state index contributed by atoms with van der Waals surface area (Å²) < 4.78 is 34.0. The van der Waals surface area contributed by atoms with Crippen LogP contribution in [-0.4, -0.2) is 33.3 Å². The van der Waals surface area contributed by atoms with Crippen LogP contribution in [0.15, 0.2) is 36.7 Å². The molecule has 0 aliphatic carbocycles. The number of hydrogen-bond acceptors (Lipinski definition) is 3. The maximum atomic E-state index is 10.6. The lowest BCUT2D eigenvalue weighted by Gasteiger charge is -2.15. The van der Waals surface area contributed by atoms with Crippen LogP contribution in [0.3, 0.4) is 0 Å². The molecule has 124 valence electrons. The molecule has 0 amide bonds. The van der Waals surface area contributed by atoms with E-state index in [0.717, 1.165) is 26.1 Å². The van der Waals surface area contributed by atoms with Crippen molar-refractivity contribution in [1.29, 1.82) is 0 Å². The first-order valence-electron chi connectivity index (χ1n) is 6.95. The van der Waals surface area contributed by atoms with E-state index in [4.69, 9.17) is 9.90 Å². The summed E-state index contributed by atoms with van der Waals surface area (Å²) >= 11 is 0. The van der Waals surface area contributed by atoms with Gasteiger partial charge in [-0.15, -0.1) is 0 Å². The number of benzene rings is 1. The quantitative estimate of drug-likeness (QED) is 0.887. The van der Waals surface area contributed by atoms with E-state index in [1.165, 1.54) is 17.0 Å². The Morgan fingerprint density at radius 2 is 1.96 bits per heavy atom. The van der Waals surface area contributed by atoms with Crippen molar-refractivity contribution in [2.45, 2.75) is 25.7 Å². The number of carbonyl (C=O) groups is 1. The highest BCUT2D eigenvalue weighted by atomic mass is 19.4. The van der Waals surface area contributed by atoms with Crippen LogP contribution in [0.4, 0.5) is 13.2 Å². The van der Waals surface area contributed by atoms with E-state index in [9.17, 15) is 13.2 Å². The molecule has 1 aromatic heterocycles. The molecular formula is C15H16F3N3O2. The molecule has 8 heteroatoms. The first-order valence-corrected chi connectivity index (χ1v) is 6.95. The number of fused-ring (bicyclic) bond motifs is 1. The molecule has 0 fully saturated rings. The normalized spacial score (nSPS) is 13.7. The van der Waals surface area contributed by atoms with Gasteiger partial charge in [0.25, 0.3) is 0 Å². The predicted octanol–water partition coefficient (Wildman–Crippen LogP) is 2.21. The third-order valence-corrected chi connectivity index (χ3v) is 3.30. The summed E-state index contributed by atoms with van der Waals surface area (Å²) in [6, 6.07) is 10.5. The molecule has 0 saturated heterocycles. The fourth-order valence-electron chi connectivity index (χ4n) is 2.21. The van der Waals surface area contributed by atoms with Crippen molar-refractivity contribution in [3.8, 4) is 0 Å². The second-order valence-corrected chi connectivity index (χ2v) is 4.98. The summed E-state index contributed by atoms with van der Waals surface area (Å²) in [4.78, 5) is 13.3. The maximum Gasteiger partial charge on any atom is 0.490 e. The van der Waals surface area contributed by atoms with Crippen LogP contribution in [0, 0.1) is 0 Å². The monoisotopic (exact) mass is 327 g/mol. The van der Waals surface area contributed by atoms with Gasteiger partial charge in [0.15, 0.2) is 0 Å². The Bertz CT molecular complexity index is 654. The van der Waals surface area contributed by atoms with Gasteiger partial charge in [0.2, 0.25) is 0 Å². The average Bonchev–Trinajstić information content (AvgIpc) is 2.91. The van der Waals surface area contributed by atoms with Crippen LogP contribution in [-0.2, 0) is 24.3 Å². The zero-order valence-electron chi connectivity index (χ0n) is 12.2. The lowest BCUT2D eigenvalue weighted by molar-refractivity contribution is -0.192. The van der Waals surface area contributed by atoms with E-state index in [-0.39, 0.29) is 0 Å². The molecule has 0 saturated carbocycles. The van der Waals surface area contributed by atoms with Gasteiger partial charge in [0, 0.05) is 31.7 Å². The van der Waals surface area contributed by atoms with Crippen molar-refractivity contribution < 1.29 is 23.1 Å². The topological polar surface area (TPSA) is 67.1 Å². The van der Waals surface area contributed by atoms with Crippen molar-refractivity contribution in [2.24, 2.45) is 0 Å². The molecule has 3 rings (SSSR count). The van der Waals surface area contributed by atoms with Gasteiger partial charge in [-0.2, -0.15) is 13.2 Å². The molecule has 0 unspecified atom stereocenters. The van der Waals surface area contributed by atoms with Crippen LogP contribution >= 0.6 is 0 Å². The molecule has 23 heavy (non-hydrogen) atoms. The number of imidazole rings is 1. The minimum absolute atomic E-state index is 0.914. The minimum atomic E-state index is -5.08. The van der Waals surface area contributed by atoms with Crippen molar-refractivity contribution >= 4 is 5.97 Å². The molecule has 0 radical (unpaired) electrons. The highest BCUT2D eigenvalue weighted by Crippen LogP contribution is 2.14. The number of carboxylic acids is 1. The van der Waals surface area contributed by atoms with E-state index in [1.807, 2.05) is 6.33 Å². The number of nitrogens with one attached hydrogen (secondary N) is 1. The predicted molar refractivity (Wildman–Crippen MR) is 76.9 cm³/mol. The number of carboxylic acid groups (broad SMARTS) is 1. The van der Waals surface area contributed by atoms with Gasteiger partial charge in [-0.25, -0.2) is 9.78 Å². The molecule has 1 aliphatic heterocycles. The molecule has 2 aromatic rings. The molecular weight excluding hydrogens is 311 g/mol. The number of hydrogen-bond donors (Lipinski definition) is 2. The van der Waals surface area contributed by atoms with E-state index >= 15 is 0 Å². The van der Waals surface area contributed by atoms with E-state index in [1.54, 1.807) is 0 Å². The average molecular weight is 327 g/mol. The fraction of sp³-hybridized carbons (Fsp3) is 0.333. The van der Waals surface area contributed by atoms with Gasteiger partial charge in [0.1, 0.15) is 0 Å². The maximum absolute atomic E-state index is 10.6. The summed E-state index contributed by atoms with van der Waals surface area (Å²) in [6.45, 7) is 2.91. The zero-order chi connectivity index (χ0) is 16.9. The number of rotatable bonds is 2. The van der Waals surface area contributed by atoms with Crippen molar-refractivity contribution in [3.05, 3.63) is 53.6 Å². The van der Waals surface area contributed by atoms with E-state index in [0.29, 0.717) is 0 Å². The highest BCUT2D eigenvalue weighted by Gasteiger charge is 2.38. The van der Waals surface area contributed by atoms with Gasteiger partial charge in [-0.3, -0.25) is 0 Å². The standard InChI is InChI=1S/C13H15N3.C2HF3O2/c1-2-4-11(5-3-1)9-16-10-15-12-8-14-7-6-13(12)16;3-2(4,5)1(6)7/h1-5,10,14H,6-9H2;(H,6,7). The Labute approximate surface area is 130 Å². The molecule has 1 aromatic carbocycles. The molecule has 0 bridgehead atoms. The van der Waals surface area contributed by atoms with Gasteiger partial charge in [-0.05, 0) is 5.56 Å². The van der Waals surface area contributed by atoms with Crippen molar-refractivity contribution in [3.63, 3.8) is 0 Å². The minimum Gasteiger partial charge on any atom is -0.475 e. The molecule has 5 nitrogen and oxygen atoms in total. The summed E-state index contributed by atoms with van der Waals surface area (Å²) in [5.74, 6) is -2.76. The first kappa shape index (κ1) is 17.0. The Kier molecular flexibility index (Phi) is 5.38. The number of alkyl halides is 3. The van der Waals surface area contributed by atoms with Crippen LogP contribution in [0.1, 0.15) is 17.0 Å². The summed E-state index contributed by atoms with van der Waals surface area (Å²) in [5, 5.41) is 10.5. The number of aromatic nitrogens is 2. The Hall–Kier alpha value is -2.35. The van der Waals surface area contributed by atoms with E-state index in [2.05, 4.69) is 45.2 Å². The number of nitrogens with zero attached hydrogens (tertiary/aromatic N) is 2. The zero-order valence-corrected chi connectivity index (χ0v) is 12.2. The van der Waals surface area contributed by atoms with Crippen LogP contribution in [0.25, 0.3) is 0 Å². The lowest BCUT2D eigenvalue weighted by atomic mass is 10.1.